The molecule has 0 aliphatic rings. The predicted octanol–water partition coefficient (Wildman–Crippen LogP) is 1.82. The van der Waals surface area contributed by atoms with Crippen molar-refractivity contribution in [2.24, 2.45) is 0 Å². The van der Waals surface area contributed by atoms with E-state index >= 15 is 0 Å². The van der Waals surface area contributed by atoms with Gasteiger partial charge in [0.2, 0.25) is 0 Å². The van der Waals surface area contributed by atoms with Crippen molar-refractivity contribution in [3.05, 3.63) is 36.5 Å². The van der Waals surface area contributed by atoms with Gasteiger partial charge in [-0.05, 0) is 20.8 Å². The molecule has 0 aliphatic carbocycles. The van der Waals surface area contributed by atoms with Crippen LogP contribution in [0.1, 0.15) is 26.3 Å². The van der Waals surface area contributed by atoms with Crippen LogP contribution < -0.4 is 5.32 Å². The Kier molecular flexibility index (Phi) is 3.62. The quantitative estimate of drug-likeness (QED) is 0.891. The normalized spacial score (nSPS) is 11.5. The third kappa shape index (κ3) is 3.56. The molecular formula is C13H17N5. The maximum Gasteiger partial charge on any atom is 0.179 e. The second-order valence-corrected chi connectivity index (χ2v) is 5.11. The highest BCUT2D eigenvalue weighted by atomic mass is 15.0. The molecule has 0 atom stereocenters. The number of nitrogens with one attached hydrogen (secondary N) is 1. The summed E-state index contributed by atoms with van der Waals surface area (Å²) < 4.78 is 0. The SMILES string of the molecule is CC(C)(C)NCc1cnc(-c2cnccn2)nc1. The Hall–Kier alpha value is -1.88. The van der Waals surface area contributed by atoms with Gasteiger partial charge in [-0.25, -0.2) is 15.0 Å². The molecule has 0 aromatic carbocycles. The van der Waals surface area contributed by atoms with Crippen molar-refractivity contribution in [3.63, 3.8) is 0 Å². The molecule has 0 saturated heterocycles. The molecule has 5 nitrogen and oxygen atoms in total. The van der Waals surface area contributed by atoms with E-state index in [9.17, 15) is 0 Å². The molecule has 0 fully saturated rings. The summed E-state index contributed by atoms with van der Waals surface area (Å²) in [6, 6.07) is 0. The second-order valence-electron chi connectivity index (χ2n) is 5.11. The maximum atomic E-state index is 4.30. The van der Waals surface area contributed by atoms with Gasteiger partial charge in [-0.15, -0.1) is 0 Å². The van der Waals surface area contributed by atoms with Crippen molar-refractivity contribution >= 4 is 0 Å². The van der Waals surface area contributed by atoms with Crippen LogP contribution in [0.25, 0.3) is 11.5 Å². The van der Waals surface area contributed by atoms with Crippen LogP contribution in [0.3, 0.4) is 0 Å². The minimum absolute atomic E-state index is 0.0869. The van der Waals surface area contributed by atoms with Gasteiger partial charge in [0.25, 0.3) is 0 Å². The standard InChI is InChI=1S/C13H17N5/c1-13(2,3)18-8-10-6-16-12(17-7-10)11-9-14-4-5-15-11/h4-7,9,18H,8H2,1-3H3. The zero-order valence-corrected chi connectivity index (χ0v) is 10.9. The van der Waals surface area contributed by atoms with E-state index in [1.54, 1.807) is 18.6 Å². The molecule has 2 aromatic heterocycles. The van der Waals surface area contributed by atoms with E-state index in [-0.39, 0.29) is 5.54 Å². The molecule has 2 rings (SSSR count). The lowest BCUT2D eigenvalue weighted by Crippen LogP contribution is -2.35. The average molecular weight is 243 g/mol. The first-order chi connectivity index (χ1) is 8.54. The summed E-state index contributed by atoms with van der Waals surface area (Å²) in [5.41, 5.74) is 1.83. The summed E-state index contributed by atoms with van der Waals surface area (Å²) >= 11 is 0. The highest BCUT2D eigenvalue weighted by Crippen LogP contribution is 2.09. The average Bonchev–Trinajstić information content (AvgIpc) is 2.37. The topological polar surface area (TPSA) is 63.6 Å². The van der Waals surface area contributed by atoms with Gasteiger partial charge in [0.15, 0.2) is 5.82 Å². The fourth-order valence-corrected chi connectivity index (χ4v) is 1.36. The Morgan fingerprint density at radius 3 is 2.28 bits per heavy atom. The van der Waals surface area contributed by atoms with E-state index in [1.807, 2.05) is 12.4 Å². The second kappa shape index (κ2) is 5.18. The lowest BCUT2D eigenvalue weighted by atomic mass is 10.1. The van der Waals surface area contributed by atoms with Crippen LogP contribution in [0.5, 0.6) is 0 Å². The number of aromatic nitrogens is 4. The Bertz CT molecular complexity index is 487. The van der Waals surface area contributed by atoms with Gasteiger partial charge < -0.3 is 5.32 Å². The maximum absolute atomic E-state index is 4.30. The van der Waals surface area contributed by atoms with Gasteiger partial charge in [-0.3, -0.25) is 4.98 Å². The van der Waals surface area contributed by atoms with Crippen LogP contribution in [-0.4, -0.2) is 25.5 Å². The third-order valence-electron chi connectivity index (χ3n) is 2.32. The minimum atomic E-state index is 0.0869. The molecule has 2 heterocycles. The smallest absolute Gasteiger partial charge is 0.179 e. The first kappa shape index (κ1) is 12.6. The van der Waals surface area contributed by atoms with Crippen LogP contribution in [0.15, 0.2) is 31.0 Å². The van der Waals surface area contributed by atoms with E-state index in [1.165, 1.54) is 0 Å². The Morgan fingerprint density at radius 2 is 1.72 bits per heavy atom. The van der Waals surface area contributed by atoms with Crippen molar-refractivity contribution in [1.82, 2.24) is 25.3 Å². The summed E-state index contributed by atoms with van der Waals surface area (Å²) in [5.74, 6) is 0.600. The summed E-state index contributed by atoms with van der Waals surface area (Å²) in [6.45, 7) is 7.13. The van der Waals surface area contributed by atoms with Gasteiger partial charge in [0.05, 0.1) is 6.20 Å². The number of nitrogens with zero attached hydrogens (tertiary/aromatic N) is 4. The van der Waals surface area contributed by atoms with Crippen molar-refractivity contribution in [2.45, 2.75) is 32.9 Å². The molecule has 18 heavy (non-hydrogen) atoms. The Balaban J connectivity index is 2.07. The fraction of sp³-hybridized carbons (Fsp3) is 0.385. The van der Waals surface area contributed by atoms with E-state index in [2.05, 4.69) is 46.0 Å². The number of hydrogen-bond donors (Lipinski definition) is 1. The zero-order valence-electron chi connectivity index (χ0n) is 10.9. The highest BCUT2D eigenvalue weighted by molar-refractivity contribution is 5.46. The molecular weight excluding hydrogens is 226 g/mol. The van der Waals surface area contributed by atoms with E-state index in [4.69, 9.17) is 0 Å². The molecule has 0 bridgehead atoms. The minimum Gasteiger partial charge on any atom is -0.308 e. The lowest BCUT2D eigenvalue weighted by molar-refractivity contribution is 0.423. The summed E-state index contributed by atoms with van der Waals surface area (Å²) in [7, 11) is 0. The van der Waals surface area contributed by atoms with Gasteiger partial charge in [0.1, 0.15) is 5.69 Å². The van der Waals surface area contributed by atoms with Crippen molar-refractivity contribution in [3.8, 4) is 11.5 Å². The molecule has 0 radical (unpaired) electrons. The van der Waals surface area contributed by atoms with Crippen molar-refractivity contribution in [2.75, 3.05) is 0 Å². The highest BCUT2D eigenvalue weighted by Gasteiger charge is 2.09. The fourth-order valence-electron chi connectivity index (χ4n) is 1.36. The summed E-state index contributed by atoms with van der Waals surface area (Å²) in [4.78, 5) is 16.8. The van der Waals surface area contributed by atoms with E-state index in [0.29, 0.717) is 11.5 Å². The van der Waals surface area contributed by atoms with E-state index < -0.39 is 0 Å². The van der Waals surface area contributed by atoms with E-state index in [0.717, 1.165) is 12.1 Å². The molecule has 5 heteroatoms. The largest absolute Gasteiger partial charge is 0.308 e. The summed E-state index contributed by atoms with van der Waals surface area (Å²) in [6.07, 6.45) is 8.55. The van der Waals surface area contributed by atoms with Crippen LogP contribution in [0.2, 0.25) is 0 Å². The Morgan fingerprint density at radius 1 is 1.00 bits per heavy atom. The first-order valence-corrected chi connectivity index (χ1v) is 5.87. The zero-order chi connectivity index (χ0) is 13.0. The molecule has 94 valence electrons. The monoisotopic (exact) mass is 243 g/mol. The van der Waals surface area contributed by atoms with Gasteiger partial charge >= 0.3 is 0 Å². The van der Waals surface area contributed by atoms with Crippen LogP contribution >= 0.6 is 0 Å². The summed E-state index contributed by atoms with van der Waals surface area (Å²) in [5, 5.41) is 3.39. The lowest BCUT2D eigenvalue weighted by Gasteiger charge is -2.20. The van der Waals surface area contributed by atoms with Crippen LogP contribution in [-0.2, 0) is 6.54 Å². The number of hydrogen-bond acceptors (Lipinski definition) is 5. The molecule has 0 aliphatic heterocycles. The Labute approximate surface area is 107 Å². The number of rotatable bonds is 3. The van der Waals surface area contributed by atoms with Gasteiger partial charge in [0, 0.05) is 42.4 Å². The predicted molar refractivity (Wildman–Crippen MR) is 69.7 cm³/mol. The van der Waals surface area contributed by atoms with Crippen LogP contribution in [0, 0.1) is 0 Å². The molecule has 0 saturated carbocycles. The van der Waals surface area contributed by atoms with Crippen molar-refractivity contribution in [1.29, 1.82) is 0 Å². The molecule has 1 N–H and O–H groups in total. The van der Waals surface area contributed by atoms with Gasteiger partial charge in [-0.1, -0.05) is 0 Å². The molecule has 0 unspecified atom stereocenters. The molecule has 0 spiro atoms. The van der Waals surface area contributed by atoms with Gasteiger partial charge in [-0.2, -0.15) is 0 Å². The van der Waals surface area contributed by atoms with Crippen LogP contribution in [0.4, 0.5) is 0 Å². The first-order valence-electron chi connectivity index (χ1n) is 5.87. The molecule has 0 amide bonds. The third-order valence-corrected chi connectivity index (χ3v) is 2.32. The van der Waals surface area contributed by atoms with Crippen molar-refractivity contribution < 1.29 is 0 Å². The molecule has 2 aromatic rings.